The molecule has 4 fully saturated rings. The van der Waals surface area contributed by atoms with Crippen LogP contribution in [-0.4, -0.2) is 87.1 Å². The number of piperazine rings is 1. The fourth-order valence-electron chi connectivity index (χ4n) is 8.80. The predicted octanol–water partition coefficient (Wildman–Crippen LogP) is 4.89. The van der Waals surface area contributed by atoms with E-state index in [1.165, 1.54) is 23.1 Å². The Hall–Kier alpha value is -4.34. The van der Waals surface area contributed by atoms with Crippen LogP contribution < -0.4 is 9.64 Å². The highest BCUT2D eigenvalue weighted by atomic mass is 19.3. The van der Waals surface area contributed by atoms with Gasteiger partial charge in [-0.3, -0.25) is 9.69 Å². The zero-order chi connectivity index (χ0) is 33.4. The zero-order valence-corrected chi connectivity index (χ0v) is 26.4. The molecule has 0 saturated carbocycles. The largest absolute Gasteiger partial charge is 0.508 e. The molecule has 3 atom stereocenters. The van der Waals surface area contributed by atoms with E-state index in [2.05, 4.69) is 17.4 Å². The molecule has 0 spiro atoms. The number of fused-ring (bicyclic) bond motifs is 5. The van der Waals surface area contributed by atoms with E-state index in [-0.39, 0.29) is 49.0 Å². The van der Waals surface area contributed by atoms with E-state index < -0.39 is 42.3 Å². The van der Waals surface area contributed by atoms with Crippen LogP contribution in [0.4, 0.5) is 19.0 Å². The SMILES string of the molecule is C#Cc1c(F)ccc2cc(O)cc([C@@H]3Cc4nc(OCC56CCCN5CCC6)nc(N5C[C@@H]6CC(F)(F)[C@H](C5)N6C(=O)C=C)c4CO3)c12. The average molecular weight is 660 g/mol. The van der Waals surface area contributed by atoms with Crippen molar-refractivity contribution in [3.05, 3.63) is 65.1 Å². The first kappa shape index (κ1) is 31.0. The molecule has 2 bridgehead atoms. The Morgan fingerprint density at radius 1 is 1.21 bits per heavy atom. The van der Waals surface area contributed by atoms with Gasteiger partial charge in [-0.1, -0.05) is 18.6 Å². The highest BCUT2D eigenvalue weighted by Gasteiger charge is 2.59. The quantitative estimate of drug-likeness (QED) is 0.296. The summed E-state index contributed by atoms with van der Waals surface area (Å²) >= 11 is 0. The number of halogens is 3. The van der Waals surface area contributed by atoms with Crippen LogP contribution in [0.25, 0.3) is 10.8 Å². The number of anilines is 1. The number of phenolic OH excluding ortho intramolecular Hbond substituents is 1. The second-order valence-electron chi connectivity index (χ2n) is 13.7. The lowest BCUT2D eigenvalue weighted by Crippen LogP contribution is -2.58. The van der Waals surface area contributed by atoms with Gasteiger partial charge < -0.3 is 24.4 Å². The molecule has 0 radical (unpaired) electrons. The summed E-state index contributed by atoms with van der Waals surface area (Å²) in [6, 6.07) is 3.98. The summed E-state index contributed by atoms with van der Waals surface area (Å²) in [6.07, 6.45) is 10.2. The molecule has 1 N–H and O–H groups in total. The molecule has 3 aromatic rings. The van der Waals surface area contributed by atoms with Gasteiger partial charge in [0.2, 0.25) is 5.91 Å². The van der Waals surface area contributed by atoms with Gasteiger partial charge in [0.15, 0.2) is 0 Å². The van der Waals surface area contributed by atoms with E-state index in [1.54, 1.807) is 11.0 Å². The number of alkyl halides is 2. The van der Waals surface area contributed by atoms with Crippen LogP contribution in [0.15, 0.2) is 36.9 Å². The minimum atomic E-state index is -3.07. The van der Waals surface area contributed by atoms with E-state index in [9.17, 15) is 14.3 Å². The maximum Gasteiger partial charge on any atom is 0.318 e. The van der Waals surface area contributed by atoms with Crippen molar-refractivity contribution in [3.8, 4) is 24.1 Å². The third-order valence-corrected chi connectivity index (χ3v) is 11.0. The number of hydrogen-bond donors (Lipinski definition) is 1. The molecule has 0 aliphatic carbocycles. The molecule has 250 valence electrons. The van der Waals surface area contributed by atoms with E-state index >= 15 is 8.78 Å². The molecule has 1 amide bonds. The van der Waals surface area contributed by atoms with Gasteiger partial charge in [0.05, 0.1) is 35.5 Å². The number of terminal acetylenes is 1. The topological polar surface area (TPSA) is 91.3 Å². The van der Waals surface area contributed by atoms with Crippen LogP contribution in [0.5, 0.6) is 11.8 Å². The third-order valence-electron chi connectivity index (χ3n) is 11.0. The van der Waals surface area contributed by atoms with Gasteiger partial charge in [-0.15, -0.1) is 6.42 Å². The lowest BCUT2D eigenvalue weighted by Gasteiger charge is -2.42. The Bertz CT molecular complexity index is 1870. The van der Waals surface area contributed by atoms with Gasteiger partial charge >= 0.3 is 6.01 Å². The van der Waals surface area contributed by atoms with E-state index in [0.29, 0.717) is 40.0 Å². The number of rotatable bonds is 6. The first-order valence-electron chi connectivity index (χ1n) is 16.5. The maximum absolute atomic E-state index is 15.3. The van der Waals surface area contributed by atoms with Gasteiger partial charge in [0.1, 0.15) is 30.0 Å². The summed E-state index contributed by atoms with van der Waals surface area (Å²) in [5.41, 5.74) is 1.77. The molecule has 5 aliphatic rings. The first-order chi connectivity index (χ1) is 23.1. The molecule has 4 saturated heterocycles. The summed E-state index contributed by atoms with van der Waals surface area (Å²) < 4.78 is 58.1. The molecule has 9 nitrogen and oxygen atoms in total. The Balaban J connectivity index is 1.18. The molecule has 6 heterocycles. The highest BCUT2D eigenvalue weighted by Crippen LogP contribution is 2.46. The number of carbonyl (C=O) groups excluding carboxylic acids is 1. The Kier molecular flexibility index (Phi) is 7.34. The van der Waals surface area contributed by atoms with Gasteiger partial charge in [0, 0.05) is 36.9 Å². The van der Waals surface area contributed by atoms with Crippen LogP contribution in [0.3, 0.4) is 0 Å². The number of aromatic hydroxyl groups is 1. The second-order valence-corrected chi connectivity index (χ2v) is 13.7. The third kappa shape index (κ3) is 4.89. The Labute approximate surface area is 276 Å². The standard InChI is InChI=1S/C36H36F3N5O4/c1-3-24-27(37)8-7-21-13-23(45)14-25(32(21)24)29-15-28-26(19-47-29)33(41-34(40-28)48-20-35-9-5-11-43(35)12-6-10-35)42-17-22-16-36(38,39)30(18-42)44(22)31(46)4-2/h1,4,7-8,13-14,22,29-30,45H,2,5-6,9-12,15-20H2/t22-,29-,30-/m0/s1. The Morgan fingerprint density at radius 3 is 2.73 bits per heavy atom. The van der Waals surface area contributed by atoms with Crippen LogP contribution in [0, 0.1) is 18.2 Å². The number of amides is 1. The van der Waals surface area contributed by atoms with Crippen LogP contribution in [0.2, 0.25) is 0 Å². The van der Waals surface area contributed by atoms with Crippen molar-refractivity contribution < 1.29 is 32.5 Å². The molecule has 2 aromatic carbocycles. The molecule has 0 unspecified atom stereocenters. The van der Waals surface area contributed by atoms with Gasteiger partial charge in [-0.05, 0) is 74.0 Å². The normalized spacial score (nSPS) is 25.5. The number of hydrogen-bond acceptors (Lipinski definition) is 8. The second kappa shape index (κ2) is 11.4. The highest BCUT2D eigenvalue weighted by molar-refractivity contribution is 5.93. The average Bonchev–Trinajstić information content (AvgIpc) is 3.70. The van der Waals surface area contributed by atoms with Crippen LogP contribution in [0.1, 0.15) is 60.6 Å². The van der Waals surface area contributed by atoms with Crippen molar-refractivity contribution in [2.24, 2.45) is 0 Å². The van der Waals surface area contributed by atoms with E-state index in [0.717, 1.165) is 44.8 Å². The lowest BCUT2D eigenvalue weighted by molar-refractivity contribution is -0.132. The van der Waals surface area contributed by atoms with E-state index in [1.807, 2.05) is 0 Å². The van der Waals surface area contributed by atoms with Gasteiger partial charge in [-0.25, -0.2) is 13.2 Å². The molecule has 1 aromatic heterocycles. The first-order valence-corrected chi connectivity index (χ1v) is 16.5. The number of benzene rings is 2. The van der Waals surface area contributed by atoms with Crippen molar-refractivity contribution in [2.75, 3.05) is 37.7 Å². The molecule has 12 heteroatoms. The number of aromatic nitrogens is 2. The predicted molar refractivity (Wildman–Crippen MR) is 171 cm³/mol. The smallest absolute Gasteiger partial charge is 0.318 e. The molecule has 8 rings (SSSR count). The summed E-state index contributed by atoms with van der Waals surface area (Å²) in [5, 5.41) is 11.6. The summed E-state index contributed by atoms with van der Waals surface area (Å²) in [7, 11) is 0. The number of carbonyl (C=O) groups is 1. The Morgan fingerprint density at radius 2 is 2.00 bits per heavy atom. The van der Waals surface area contributed by atoms with Crippen molar-refractivity contribution in [1.82, 2.24) is 19.8 Å². The monoisotopic (exact) mass is 659 g/mol. The zero-order valence-electron chi connectivity index (χ0n) is 26.4. The minimum absolute atomic E-state index is 0.0193. The van der Waals surface area contributed by atoms with Crippen molar-refractivity contribution in [1.29, 1.82) is 0 Å². The van der Waals surface area contributed by atoms with Crippen molar-refractivity contribution in [3.63, 3.8) is 0 Å². The number of ether oxygens (including phenoxy) is 2. The van der Waals surface area contributed by atoms with Gasteiger partial charge in [0.25, 0.3) is 5.92 Å². The number of phenols is 1. The van der Waals surface area contributed by atoms with Crippen molar-refractivity contribution in [2.45, 2.75) is 74.8 Å². The summed E-state index contributed by atoms with van der Waals surface area (Å²) in [4.78, 5) is 27.8. The maximum atomic E-state index is 15.3. The molecule has 48 heavy (non-hydrogen) atoms. The minimum Gasteiger partial charge on any atom is -0.508 e. The van der Waals surface area contributed by atoms with Crippen LogP contribution >= 0.6 is 0 Å². The summed E-state index contributed by atoms with van der Waals surface area (Å²) in [6.45, 7) is 6.04. The summed E-state index contributed by atoms with van der Waals surface area (Å²) in [5.74, 6) is -1.27. The van der Waals surface area contributed by atoms with E-state index in [4.69, 9.17) is 25.9 Å². The fraction of sp³-hybridized carbons (Fsp3) is 0.472. The fourth-order valence-corrected chi connectivity index (χ4v) is 8.80. The van der Waals surface area contributed by atoms with Crippen molar-refractivity contribution >= 4 is 22.5 Å². The molecule has 5 aliphatic heterocycles. The lowest BCUT2D eigenvalue weighted by atomic mass is 9.91. The molecular weight excluding hydrogens is 623 g/mol. The van der Waals surface area contributed by atoms with Gasteiger partial charge in [-0.2, -0.15) is 9.97 Å². The number of nitrogens with zero attached hydrogens (tertiary/aromatic N) is 5. The van der Waals surface area contributed by atoms with Crippen LogP contribution in [-0.2, 0) is 22.6 Å². The molecular formula is C36H36F3N5O4.